The maximum Gasteiger partial charge on any atom is 0.255 e. The van der Waals surface area contributed by atoms with E-state index in [9.17, 15) is 4.79 Å². The molecule has 0 aromatic heterocycles. The van der Waals surface area contributed by atoms with E-state index in [1.165, 1.54) is 21.6 Å². The molecule has 4 aromatic carbocycles. The van der Waals surface area contributed by atoms with Gasteiger partial charge in [-0.15, -0.1) is 11.8 Å². The first-order valence-electron chi connectivity index (χ1n) is 13.3. The summed E-state index contributed by atoms with van der Waals surface area (Å²) in [4.78, 5) is 19.2. The molecule has 1 saturated heterocycles. The molecule has 5 rings (SSSR count). The number of rotatable bonds is 9. The number of aryl methyl sites for hydroxylation is 1. The average molecular weight is 522 g/mol. The minimum Gasteiger partial charge on any atom is -0.322 e. The zero-order chi connectivity index (χ0) is 26.2. The molecular weight excluding hydrogens is 486 g/mol. The van der Waals surface area contributed by atoms with E-state index in [-0.39, 0.29) is 5.91 Å². The topological polar surface area (TPSA) is 35.6 Å². The van der Waals surface area contributed by atoms with Crippen molar-refractivity contribution in [2.75, 3.05) is 31.5 Å². The molecule has 1 aliphatic heterocycles. The SMILES string of the molecule is Cc1cc(CSc2ccccc2)ccc1NC(=O)c1ccc(CN2CCN(Cc3ccccc3)CC2)cc1. The first-order chi connectivity index (χ1) is 18.6. The van der Waals surface area contributed by atoms with E-state index in [1.54, 1.807) is 0 Å². The number of benzene rings is 4. The summed E-state index contributed by atoms with van der Waals surface area (Å²) in [7, 11) is 0. The molecule has 0 atom stereocenters. The molecule has 194 valence electrons. The number of carbonyl (C=O) groups is 1. The highest BCUT2D eigenvalue weighted by atomic mass is 32.2. The van der Waals surface area contributed by atoms with Crippen LogP contribution < -0.4 is 5.32 Å². The second-order valence-corrected chi connectivity index (χ2v) is 11.0. The molecule has 1 aliphatic rings. The minimum absolute atomic E-state index is 0.0689. The van der Waals surface area contributed by atoms with Gasteiger partial charge in [-0.25, -0.2) is 0 Å². The number of hydrogen-bond donors (Lipinski definition) is 1. The Morgan fingerprint density at radius 3 is 1.87 bits per heavy atom. The van der Waals surface area contributed by atoms with Crippen molar-refractivity contribution in [3.8, 4) is 0 Å². The molecule has 0 aliphatic carbocycles. The van der Waals surface area contributed by atoms with Crippen LogP contribution in [0.15, 0.2) is 108 Å². The Bertz CT molecular complexity index is 1320. The van der Waals surface area contributed by atoms with Crippen LogP contribution in [0, 0.1) is 6.92 Å². The fraction of sp³-hybridized carbons (Fsp3) is 0.242. The van der Waals surface area contributed by atoms with Crippen LogP contribution in [0.2, 0.25) is 0 Å². The molecule has 5 heteroatoms. The third-order valence-electron chi connectivity index (χ3n) is 7.02. The number of amides is 1. The molecule has 4 nitrogen and oxygen atoms in total. The van der Waals surface area contributed by atoms with E-state index in [4.69, 9.17) is 0 Å². The van der Waals surface area contributed by atoms with E-state index >= 15 is 0 Å². The first-order valence-corrected chi connectivity index (χ1v) is 14.3. The molecule has 0 spiro atoms. The van der Waals surface area contributed by atoms with Gasteiger partial charge in [-0.3, -0.25) is 14.6 Å². The number of piperazine rings is 1. The predicted molar refractivity (Wildman–Crippen MR) is 159 cm³/mol. The van der Waals surface area contributed by atoms with Gasteiger partial charge in [-0.05, 0) is 59.5 Å². The molecule has 0 saturated carbocycles. The van der Waals surface area contributed by atoms with Crippen LogP contribution in [-0.4, -0.2) is 41.9 Å². The highest BCUT2D eigenvalue weighted by molar-refractivity contribution is 7.98. The lowest BCUT2D eigenvalue weighted by molar-refractivity contribution is 0.102. The van der Waals surface area contributed by atoms with Crippen molar-refractivity contribution in [1.29, 1.82) is 0 Å². The van der Waals surface area contributed by atoms with Crippen LogP contribution in [0.3, 0.4) is 0 Å². The highest BCUT2D eigenvalue weighted by Crippen LogP contribution is 2.25. The number of carbonyl (C=O) groups excluding carboxylic acids is 1. The molecule has 4 aromatic rings. The average Bonchev–Trinajstić information content (AvgIpc) is 2.96. The summed E-state index contributed by atoms with van der Waals surface area (Å²) >= 11 is 1.82. The fourth-order valence-electron chi connectivity index (χ4n) is 4.80. The summed E-state index contributed by atoms with van der Waals surface area (Å²) in [5.41, 5.74) is 6.50. The summed E-state index contributed by atoms with van der Waals surface area (Å²) in [5, 5.41) is 3.09. The van der Waals surface area contributed by atoms with E-state index < -0.39 is 0 Å². The maximum absolute atomic E-state index is 12.9. The first kappa shape index (κ1) is 26.2. The fourth-order valence-corrected chi connectivity index (χ4v) is 5.66. The van der Waals surface area contributed by atoms with E-state index in [0.29, 0.717) is 5.56 Å². The summed E-state index contributed by atoms with van der Waals surface area (Å²) in [5.74, 6) is 0.836. The van der Waals surface area contributed by atoms with Gasteiger partial charge < -0.3 is 5.32 Å². The molecule has 1 N–H and O–H groups in total. The Hall–Kier alpha value is -3.38. The molecule has 1 fully saturated rings. The van der Waals surface area contributed by atoms with Gasteiger partial charge in [-0.2, -0.15) is 0 Å². The number of hydrogen-bond acceptors (Lipinski definition) is 4. The lowest BCUT2D eigenvalue weighted by Crippen LogP contribution is -2.45. The Kier molecular flexibility index (Phi) is 8.92. The standard InChI is InChI=1S/C33H35N3OS/c1-26-22-29(25-38-31-10-6-3-7-11-31)14-17-32(26)34-33(37)30-15-12-28(13-16-30)24-36-20-18-35(19-21-36)23-27-8-4-2-5-9-27/h2-17,22H,18-21,23-25H2,1H3,(H,34,37). The Morgan fingerprint density at radius 1 is 0.711 bits per heavy atom. The molecule has 38 heavy (non-hydrogen) atoms. The summed E-state index contributed by atoms with van der Waals surface area (Å²) < 4.78 is 0. The lowest BCUT2D eigenvalue weighted by Gasteiger charge is -2.34. The van der Waals surface area contributed by atoms with Crippen LogP contribution >= 0.6 is 11.8 Å². The van der Waals surface area contributed by atoms with Gasteiger partial charge in [0.2, 0.25) is 0 Å². The van der Waals surface area contributed by atoms with Crippen molar-refractivity contribution in [3.05, 3.63) is 131 Å². The Balaban J connectivity index is 1.09. The quantitative estimate of drug-likeness (QED) is 0.244. The van der Waals surface area contributed by atoms with Gasteiger partial charge in [0, 0.05) is 61.2 Å². The van der Waals surface area contributed by atoms with Crippen LogP contribution in [0.1, 0.15) is 32.6 Å². The molecule has 0 radical (unpaired) electrons. The van der Waals surface area contributed by atoms with E-state index in [2.05, 4.69) is 101 Å². The predicted octanol–water partition coefficient (Wildman–Crippen LogP) is 6.86. The molecular formula is C33H35N3OS. The van der Waals surface area contributed by atoms with Gasteiger partial charge >= 0.3 is 0 Å². The van der Waals surface area contributed by atoms with Crippen molar-refractivity contribution in [2.24, 2.45) is 0 Å². The van der Waals surface area contributed by atoms with Gasteiger partial charge in [0.25, 0.3) is 5.91 Å². The molecule has 0 unspecified atom stereocenters. The molecule has 1 heterocycles. The minimum atomic E-state index is -0.0689. The van der Waals surface area contributed by atoms with Crippen molar-refractivity contribution in [3.63, 3.8) is 0 Å². The third kappa shape index (κ3) is 7.35. The second kappa shape index (κ2) is 12.9. The van der Waals surface area contributed by atoms with Crippen molar-refractivity contribution < 1.29 is 4.79 Å². The smallest absolute Gasteiger partial charge is 0.255 e. The summed E-state index contributed by atoms with van der Waals surface area (Å²) in [6, 6.07) is 35.4. The molecule has 1 amide bonds. The zero-order valence-electron chi connectivity index (χ0n) is 22.0. The van der Waals surface area contributed by atoms with Crippen molar-refractivity contribution in [2.45, 2.75) is 30.7 Å². The van der Waals surface area contributed by atoms with Gasteiger partial charge in [-0.1, -0.05) is 72.8 Å². The van der Waals surface area contributed by atoms with Gasteiger partial charge in [0.15, 0.2) is 0 Å². The monoisotopic (exact) mass is 521 g/mol. The van der Waals surface area contributed by atoms with E-state index in [0.717, 1.165) is 56.3 Å². The number of thioether (sulfide) groups is 1. The van der Waals surface area contributed by atoms with E-state index in [1.807, 2.05) is 36.0 Å². The maximum atomic E-state index is 12.9. The van der Waals surface area contributed by atoms with Gasteiger partial charge in [0.05, 0.1) is 0 Å². The number of nitrogens with one attached hydrogen (secondary N) is 1. The second-order valence-electron chi connectivity index (χ2n) is 9.94. The van der Waals surface area contributed by atoms with Crippen molar-refractivity contribution in [1.82, 2.24) is 9.80 Å². The highest BCUT2D eigenvalue weighted by Gasteiger charge is 2.17. The number of anilines is 1. The number of nitrogens with zero attached hydrogens (tertiary/aromatic N) is 2. The largest absolute Gasteiger partial charge is 0.322 e. The lowest BCUT2D eigenvalue weighted by atomic mass is 10.1. The van der Waals surface area contributed by atoms with Crippen LogP contribution in [0.5, 0.6) is 0 Å². The third-order valence-corrected chi connectivity index (χ3v) is 8.11. The normalized spacial score (nSPS) is 14.3. The van der Waals surface area contributed by atoms with Crippen LogP contribution in [0.4, 0.5) is 5.69 Å². The molecule has 0 bridgehead atoms. The summed E-state index contributed by atoms with van der Waals surface area (Å²) in [6.07, 6.45) is 0. The van der Waals surface area contributed by atoms with Crippen molar-refractivity contribution >= 4 is 23.4 Å². The van der Waals surface area contributed by atoms with Gasteiger partial charge in [0.1, 0.15) is 0 Å². The Morgan fingerprint density at radius 2 is 1.26 bits per heavy atom. The Labute approximate surface area is 230 Å². The van der Waals surface area contributed by atoms with Crippen LogP contribution in [-0.2, 0) is 18.8 Å². The summed E-state index contributed by atoms with van der Waals surface area (Å²) in [6.45, 7) is 8.28. The zero-order valence-corrected chi connectivity index (χ0v) is 22.8. The van der Waals surface area contributed by atoms with Crippen LogP contribution in [0.25, 0.3) is 0 Å².